The molecule has 5 heteroatoms. The summed E-state index contributed by atoms with van der Waals surface area (Å²) in [7, 11) is 0. The van der Waals surface area contributed by atoms with Crippen molar-refractivity contribution in [3.05, 3.63) is 71.3 Å². The van der Waals surface area contributed by atoms with E-state index in [1.807, 2.05) is 61.5 Å². The third-order valence-corrected chi connectivity index (χ3v) is 6.64. The predicted octanol–water partition coefficient (Wildman–Crippen LogP) is 4.24. The molecule has 148 valence electrons. The highest BCUT2D eigenvalue weighted by Crippen LogP contribution is 2.41. The van der Waals surface area contributed by atoms with Gasteiger partial charge in [0.15, 0.2) is 0 Å². The topological polar surface area (TPSA) is 49.4 Å². The Bertz CT molecular complexity index is 828. The Labute approximate surface area is 171 Å². The van der Waals surface area contributed by atoms with Crippen LogP contribution in [0.3, 0.4) is 0 Å². The van der Waals surface area contributed by atoms with Crippen molar-refractivity contribution in [3.63, 3.8) is 0 Å². The van der Waals surface area contributed by atoms with Gasteiger partial charge in [-0.25, -0.2) is 0 Å². The van der Waals surface area contributed by atoms with Crippen molar-refractivity contribution in [3.8, 4) is 0 Å². The Morgan fingerprint density at radius 2 is 1.71 bits per heavy atom. The second kappa shape index (κ2) is 8.39. The van der Waals surface area contributed by atoms with Crippen LogP contribution < -0.4 is 5.32 Å². The monoisotopic (exact) mass is 396 g/mol. The molecule has 3 rings (SSSR count). The van der Waals surface area contributed by atoms with E-state index in [-0.39, 0.29) is 22.6 Å². The summed E-state index contributed by atoms with van der Waals surface area (Å²) in [4.78, 5) is 28.1. The fraction of sp³-hybridized carbons (Fsp3) is 0.391. The standard InChI is InChI=1S/C23H28N2O2S/c1-16-10-12-18(13-11-16)21(27)25-19(15-28-22(25)23(2,3)4)20(26)24-14-17-8-6-5-7-9-17/h5-13,19,22H,14-15H2,1-4H3,(H,24,26). The van der Waals surface area contributed by atoms with Crippen molar-refractivity contribution in [2.75, 3.05) is 5.75 Å². The largest absolute Gasteiger partial charge is 0.350 e. The van der Waals surface area contributed by atoms with Gasteiger partial charge >= 0.3 is 0 Å². The fourth-order valence-corrected chi connectivity index (χ4v) is 4.95. The summed E-state index contributed by atoms with van der Waals surface area (Å²) in [6.45, 7) is 8.81. The number of benzene rings is 2. The van der Waals surface area contributed by atoms with Gasteiger partial charge in [0.2, 0.25) is 5.91 Å². The highest BCUT2D eigenvalue weighted by molar-refractivity contribution is 8.00. The summed E-state index contributed by atoms with van der Waals surface area (Å²) in [6.07, 6.45) is 0. The third kappa shape index (κ3) is 4.58. The van der Waals surface area contributed by atoms with Crippen LogP contribution in [0.1, 0.15) is 42.3 Å². The minimum absolute atomic E-state index is 0.0474. The molecule has 28 heavy (non-hydrogen) atoms. The lowest BCUT2D eigenvalue weighted by atomic mass is 9.94. The van der Waals surface area contributed by atoms with Gasteiger partial charge in [-0.15, -0.1) is 11.8 Å². The number of aryl methyl sites for hydroxylation is 1. The first-order chi connectivity index (χ1) is 13.3. The van der Waals surface area contributed by atoms with Crippen molar-refractivity contribution in [1.29, 1.82) is 0 Å². The number of carbonyl (C=O) groups excluding carboxylic acids is 2. The maximum atomic E-state index is 13.3. The van der Waals surface area contributed by atoms with E-state index in [1.54, 1.807) is 16.7 Å². The van der Waals surface area contributed by atoms with Gasteiger partial charge in [-0.2, -0.15) is 0 Å². The van der Waals surface area contributed by atoms with Crippen LogP contribution in [0.15, 0.2) is 54.6 Å². The van der Waals surface area contributed by atoms with Crippen molar-refractivity contribution in [2.45, 2.75) is 45.7 Å². The van der Waals surface area contributed by atoms with Crippen molar-refractivity contribution >= 4 is 23.6 Å². The zero-order chi connectivity index (χ0) is 20.3. The molecule has 2 unspecified atom stereocenters. The molecule has 1 fully saturated rings. The summed E-state index contributed by atoms with van der Waals surface area (Å²) in [6, 6.07) is 16.9. The Hall–Kier alpha value is -2.27. The molecule has 2 amide bonds. The molecule has 0 saturated carbocycles. The Balaban J connectivity index is 1.81. The van der Waals surface area contributed by atoms with E-state index in [2.05, 4.69) is 26.1 Å². The van der Waals surface area contributed by atoms with Gasteiger partial charge in [-0.05, 0) is 30.0 Å². The second-order valence-corrected chi connectivity index (χ2v) is 9.46. The molecule has 4 nitrogen and oxygen atoms in total. The lowest BCUT2D eigenvalue weighted by Gasteiger charge is -2.36. The number of nitrogens with one attached hydrogen (secondary N) is 1. The molecule has 2 atom stereocenters. The second-order valence-electron chi connectivity index (χ2n) is 8.35. The van der Waals surface area contributed by atoms with Gasteiger partial charge in [0.25, 0.3) is 5.91 Å². The molecule has 1 heterocycles. The van der Waals surface area contributed by atoms with E-state index in [0.29, 0.717) is 17.9 Å². The van der Waals surface area contributed by atoms with Crippen LogP contribution in [0.2, 0.25) is 0 Å². The summed E-state index contributed by atoms with van der Waals surface area (Å²) in [5, 5.41) is 2.96. The van der Waals surface area contributed by atoms with Crippen LogP contribution >= 0.6 is 11.8 Å². The molecule has 0 aliphatic carbocycles. The zero-order valence-electron chi connectivity index (χ0n) is 16.9. The molecule has 0 aromatic heterocycles. The molecule has 1 saturated heterocycles. The minimum Gasteiger partial charge on any atom is -0.350 e. The maximum Gasteiger partial charge on any atom is 0.255 e. The predicted molar refractivity (Wildman–Crippen MR) is 115 cm³/mol. The molecule has 2 aromatic carbocycles. The first-order valence-electron chi connectivity index (χ1n) is 9.60. The quantitative estimate of drug-likeness (QED) is 0.841. The first-order valence-corrected chi connectivity index (χ1v) is 10.6. The van der Waals surface area contributed by atoms with Crippen LogP contribution in [0.25, 0.3) is 0 Å². The highest BCUT2D eigenvalue weighted by atomic mass is 32.2. The molecule has 0 radical (unpaired) electrons. The van der Waals surface area contributed by atoms with E-state index in [9.17, 15) is 9.59 Å². The lowest BCUT2D eigenvalue weighted by molar-refractivity contribution is -0.125. The molecule has 2 aromatic rings. The van der Waals surface area contributed by atoms with E-state index in [1.165, 1.54) is 0 Å². The Morgan fingerprint density at radius 3 is 2.32 bits per heavy atom. The summed E-state index contributed by atoms with van der Waals surface area (Å²) < 4.78 is 0. The summed E-state index contributed by atoms with van der Waals surface area (Å²) >= 11 is 1.69. The van der Waals surface area contributed by atoms with Crippen molar-refractivity contribution < 1.29 is 9.59 Å². The van der Waals surface area contributed by atoms with Gasteiger partial charge in [-0.1, -0.05) is 68.8 Å². The molecule has 0 bridgehead atoms. The number of carbonyl (C=O) groups is 2. The van der Waals surface area contributed by atoms with Gasteiger partial charge in [0, 0.05) is 17.9 Å². The van der Waals surface area contributed by atoms with Gasteiger partial charge in [0.1, 0.15) is 6.04 Å². The molecule has 1 aliphatic rings. The van der Waals surface area contributed by atoms with Crippen LogP contribution in [0.4, 0.5) is 0 Å². The summed E-state index contributed by atoms with van der Waals surface area (Å²) in [5.74, 6) is 0.438. The first kappa shape index (κ1) is 20.5. The Kier molecular flexibility index (Phi) is 6.14. The van der Waals surface area contributed by atoms with Crippen LogP contribution in [-0.2, 0) is 11.3 Å². The average Bonchev–Trinajstić information content (AvgIpc) is 3.12. The SMILES string of the molecule is Cc1ccc(C(=O)N2C(C(=O)NCc3ccccc3)CSC2C(C)(C)C)cc1. The van der Waals surface area contributed by atoms with E-state index in [4.69, 9.17) is 0 Å². The molecular formula is C23H28N2O2S. The highest BCUT2D eigenvalue weighted by Gasteiger charge is 2.46. The van der Waals surface area contributed by atoms with Crippen LogP contribution in [0, 0.1) is 12.3 Å². The molecule has 1 N–H and O–H groups in total. The lowest BCUT2D eigenvalue weighted by Crippen LogP contribution is -2.52. The minimum atomic E-state index is -0.466. The Morgan fingerprint density at radius 1 is 1.07 bits per heavy atom. The van der Waals surface area contributed by atoms with Gasteiger partial charge in [0.05, 0.1) is 5.37 Å². The van der Waals surface area contributed by atoms with Gasteiger partial charge < -0.3 is 10.2 Å². The van der Waals surface area contributed by atoms with Crippen LogP contribution in [-0.4, -0.2) is 33.9 Å². The molecular weight excluding hydrogens is 368 g/mol. The van der Waals surface area contributed by atoms with E-state index in [0.717, 1.165) is 11.1 Å². The third-order valence-electron chi connectivity index (χ3n) is 4.89. The fourth-order valence-electron chi connectivity index (χ4n) is 3.37. The number of hydrogen-bond donors (Lipinski definition) is 1. The maximum absolute atomic E-state index is 13.3. The number of thioether (sulfide) groups is 1. The summed E-state index contributed by atoms with van der Waals surface area (Å²) in [5.41, 5.74) is 2.66. The number of amides is 2. The number of nitrogens with zero attached hydrogens (tertiary/aromatic N) is 1. The molecule has 1 aliphatic heterocycles. The molecule has 0 spiro atoms. The normalized spacial score (nSPS) is 19.5. The van der Waals surface area contributed by atoms with Crippen molar-refractivity contribution in [2.24, 2.45) is 5.41 Å². The van der Waals surface area contributed by atoms with Crippen molar-refractivity contribution in [1.82, 2.24) is 10.2 Å². The smallest absolute Gasteiger partial charge is 0.255 e. The van der Waals surface area contributed by atoms with Gasteiger partial charge in [-0.3, -0.25) is 9.59 Å². The number of hydrogen-bond acceptors (Lipinski definition) is 3. The average molecular weight is 397 g/mol. The number of rotatable bonds is 4. The van der Waals surface area contributed by atoms with E-state index < -0.39 is 6.04 Å². The van der Waals surface area contributed by atoms with E-state index >= 15 is 0 Å². The van der Waals surface area contributed by atoms with Crippen LogP contribution in [0.5, 0.6) is 0 Å². The zero-order valence-corrected chi connectivity index (χ0v) is 17.8.